The first-order valence-corrected chi connectivity index (χ1v) is 4.52. The first kappa shape index (κ1) is 10.5. The summed E-state index contributed by atoms with van der Waals surface area (Å²) in [6.07, 6.45) is 1.82. The Kier molecular flexibility index (Phi) is 3.06. The molecule has 0 spiro atoms. The molecule has 1 aromatic rings. The number of nitrogens with two attached hydrogens (primary N) is 1. The average molecular weight is 192 g/mol. The lowest BCUT2D eigenvalue weighted by atomic mass is 10.1. The predicted octanol–water partition coefficient (Wildman–Crippen LogP) is 1.84. The van der Waals surface area contributed by atoms with Crippen molar-refractivity contribution in [1.82, 2.24) is 4.98 Å². The van der Waals surface area contributed by atoms with E-state index in [1.165, 1.54) is 0 Å². The van der Waals surface area contributed by atoms with Crippen LogP contribution in [-0.4, -0.2) is 18.7 Å². The number of aromatic nitrogens is 1. The maximum atomic E-state index is 5.84. The third kappa shape index (κ3) is 2.02. The van der Waals surface area contributed by atoms with Crippen molar-refractivity contribution in [3.8, 4) is 0 Å². The van der Waals surface area contributed by atoms with Crippen LogP contribution in [0.1, 0.15) is 25.3 Å². The van der Waals surface area contributed by atoms with Crippen LogP contribution in [0.2, 0.25) is 0 Å². The molecule has 2 N–H and O–H groups in total. The highest BCUT2D eigenvalue weighted by Gasteiger charge is 2.07. The zero-order valence-electron chi connectivity index (χ0n) is 8.86. The van der Waals surface area contributed by atoms with Gasteiger partial charge in [-0.25, -0.2) is 9.99 Å². The van der Waals surface area contributed by atoms with Gasteiger partial charge in [0.15, 0.2) is 5.82 Å². The molecule has 4 heteroatoms. The van der Waals surface area contributed by atoms with Crippen molar-refractivity contribution in [2.75, 3.05) is 17.8 Å². The lowest BCUT2D eigenvalue weighted by Crippen LogP contribution is -2.12. The van der Waals surface area contributed by atoms with Crippen LogP contribution in [0.4, 0.5) is 11.5 Å². The molecule has 0 aliphatic heterocycles. The number of hydrazone groups is 1. The molecule has 0 atom stereocenters. The number of nitrogens with zero attached hydrogens (tertiary/aromatic N) is 3. The van der Waals surface area contributed by atoms with Crippen molar-refractivity contribution < 1.29 is 0 Å². The van der Waals surface area contributed by atoms with Gasteiger partial charge >= 0.3 is 0 Å². The summed E-state index contributed by atoms with van der Waals surface area (Å²) >= 11 is 0. The van der Waals surface area contributed by atoms with Gasteiger partial charge in [-0.1, -0.05) is 13.8 Å². The second kappa shape index (κ2) is 4.09. The third-order valence-corrected chi connectivity index (χ3v) is 2.10. The molecule has 0 saturated carbocycles. The van der Waals surface area contributed by atoms with Gasteiger partial charge in [-0.2, -0.15) is 5.10 Å². The Bertz CT molecular complexity index is 333. The Morgan fingerprint density at radius 2 is 2.21 bits per heavy atom. The number of rotatable bonds is 3. The maximum absolute atomic E-state index is 5.84. The molecule has 0 amide bonds. The standard InChI is InChI=1S/C10H16N4/c1-7(2)8-5-9(11)10(13-6-8)14(4)12-3/h5-7H,3,11H2,1-2,4H3. The molecule has 0 fully saturated rings. The third-order valence-electron chi connectivity index (χ3n) is 2.10. The Labute approximate surface area is 84.4 Å². The minimum atomic E-state index is 0.431. The van der Waals surface area contributed by atoms with Crippen molar-refractivity contribution in [2.45, 2.75) is 19.8 Å². The number of hydrogen-bond donors (Lipinski definition) is 1. The summed E-state index contributed by atoms with van der Waals surface area (Å²) < 4.78 is 0. The molecule has 4 nitrogen and oxygen atoms in total. The van der Waals surface area contributed by atoms with E-state index in [-0.39, 0.29) is 0 Å². The van der Waals surface area contributed by atoms with E-state index in [2.05, 4.69) is 30.7 Å². The molecule has 0 saturated heterocycles. The van der Waals surface area contributed by atoms with Gasteiger partial charge in [0.25, 0.3) is 0 Å². The van der Waals surface area contributed by atoms with Crippen LogP contribution in [0.15, 0.2) is 17.4 Å². The fourth-order valence-corrected chi connectivity index (χ4v) is 1.14. The topological polar surface area (TPSA) is 54.5 Å². The lowest BCUT2D eigenvalue weighted by molar-refractivity contribution is 0.855. The normalized spacial score (nSPS) is 10.3. The number of pyridine rings is 1. The molecule has 76 valence electrons. The van der Waals surface area contributed by atoms with Gasteiger partial charge in [-0.05, 0) is 17.5 Å². The van der Waals surface area contributed by atoms with E-state index in [0.29, 0.717) is 17.4 Å². The van der Waals surface area contributed by atoms with E-state index in [1.807, 2.05) is 12.3 Å². The summed E-state index contributed by atoms with van der Waals surface area (Å²) in [5.74, 6) is 1.07. The molecule has 1 aromatic heterocycles. The minimum Gasteiger partial charge on any atom is -0.396 e. The van der Waals surface area contributed by atoms with Gasteiger partial charge in [0.05, 0.1) is 5.69 Å². The molecule has 0 unspecified atom stereocenters. The lowest BCUT2D eigenvalue weighted by Gasteiger charge is -2.14. The zero-order valence-corrected chi connectivity index (χ0v) is 8.86. The summed E-state index contributed by atoms with van der Waals surface area (Å²) in [6.45, 7) is 7.62. The van der Waals surface area contributed by atoms with Crippen LogP contribution >= 0.6 is 0 Å². The summed E-state index contributed by atoms with van der Waals surface area (Å²) in [4.78, 5) is 4.24. The van der Waals surface area contributed by atoms with Gasteiger partial charge in [0, 0.05) is 20.0 Å². The van der Waals surface area contributed by atoms with E-state index in [9.17, 15) is 0 Å². The van der Waals surface area contributed by atoms with Crippen molar-refractivity contribution in [2.24, 2.45) is 5.10 Å². The Balaban J connectivity index is 3.07. The fraction of sp³-hybridized carbons (Fsp3) is 0.400. The summed E-state index contributed by atoms with van der Waals surface area (Å²) in [5.41, 5.74) is 7.60. The van der Waals surface area contributed by atoms with Crippen LogP contribution in [0.3, 0.4) is 0 Å². The molecular weight excluding hydrogens is 176 g/mol. The maximum Gasteiger partial charge on any atom is 0.172 e. The summed E-state index contributed by atoms with van der Waals surface area (Å²) in [5, 5.41) is 5.29. The smallest absolute Gasteiger partial charge is 0.172 e. The molecular formula is C10H16N4. The van der Waals surface area contributed by atoms with E-state index in [1.54, 1.807) is 12.1 Å². The van der Waals surface area contributed by atoms with Gasteiger partial charge < -0.3 is 5.73 Å². The molecule has 14 heavy (non-hydrogen) atoms. The molecule has 1 heterocycles. The summed E-state index contributed by atoms with van der Waals surface area (Å²) in [6, 6.07) is 1.93. The van der Waals surface area contributed by atoms with Gasteiger partial charge in [-0.15, -0.1) is 0 Å². The monoisotopic (exact) mass is 192 g/mol. The van der Waals surface area contributed by atoms with Crippen LogP contribution in [0.25, 0.3) is 0 Å². The molecule has 0 aromatic carbocycles. The number of nitrogen functional groups attached to an aromatic ring is 1. The highest BCUT2D eigenvalue weighted by Crippen LogP contribution is 2.23. The number of anilines is 2. The molecule has 0 aliphatic rings. The second-order valence-corrected chi connectivity index (χ2v) is 3.50. The minimum absolute atomic E-state index is 0.431. The van der Waals surface area contributed by atoms with Crippen LogP contribution in [0.5, 0.6) is 0 Å². The molecule has 0 radical (unpaired) electrons. The predicted molar refractivity (Wildman–Crippen MR) is 60.7 cm³/mol. The van der Waals surface area contributed by atoms with Crippen LogP contribution in [0, 0.1) is 0 Å². The van der Waals surface area contributed by atoms with E-state index >= 15 is 0 Å². The highest BCUT2D eigenvalue weighted by atomic mass is 15.5. The molecule has 0 bridgehead atoms. The SMILES string of the molecule is C=NN(C)c1ncc(C(C)C)cc1N. The van der Waals surface area contributed by atoms with Crippen molar-refractivity contribution in [3.05, 3.63) is 17.8 Å². The molecule has 0 aliphatic carbocycles. The Hall–Kier alpha value is -1.58. The van der Waals surface area contributed by atoms with Crippen molar-refractivity contribution in [1.29, 1.82) is 0 Å². The summed E-state index contributed by atoms with van der Waals surface area (Å²) in [7, 11) is 1.76. The van der Waals surface area contributed by atoms with Gasteiger partial charge in [-0.3, -0.25) is 0 Å². The van der Waals surface area contributed by atoms with Gasteiger partial charge in [0.1, 0.15) is 0 Å². The Morgan fingerprint density at radius 1 is 1.57 bits per heavy atom. The van der Waals surface area contributed by atoms with Crippen molar-refractivity contribution >= 4 is 18.2 Å². The zero-order chi connectivity index (χ0) is 10.7. The van der Waals surface area contributed by atoms with Gasteiger partial charge in [0.2, 0.25) is 0 Å². The van der Waals surface area contributed by atoms with E-state index in [4.69, 9.17) is 5.73 Å². The highest BCUT2D eigenvalue weighted by molar-refractivity contribution is 5.63. The largest absolute Gasteiger partial charge is 0.396 e. The fourth-order valence-electron chi connectivity index (χ4n) is 1.14. The van der Waals surface area contributed by atoms with Crippen molar-refractivity contribution in [3.63, 3.8) is 0 Å². The van der Waals surface area contributed by atoms with E-state index in [0.717, 1.165) is 5.56 Å². The first-order chi connectivity index (χ1) is 6.56. The van der Waals surface area contributed by atoms with Crippen LogP contribution in [-0.2, 0) is 0 Å². The average Bonchev–Trinajstić information content (AvgIpc) is 2.16. The quantitative estimate of drug-likeness (QED) is 0.587. The Morgan fingerprint density at radius 3 is 2.64 bits per heavy atom. The molecule has 1 rings (SSSR count). The first-order valence-electron chi connectivity index (χ1n) is 4.52. The number of hydrogen-bond acceptors (Lipinski definition) is 4. The second-order valence-electron chi connectivity index (χ2n) is 3.50. The van der Waals surface area contributed by atoms with E-state index < -0.39 is 0 Å². The van der Waals surface area contributed by atoms with Crippen LogP contribution < -0.4 is 10.7 Å².